The molecule has 0 spiro atoms. The van der Waals surface area contributed by atoms with Gasteiger partial charge in [-0.3, -0.25) is 4.79 Å². The third-order valence-corrected chi connectivity index (χ3v) is 3.42. The molecule has 0 bridgehead atoms. The van der Waals surface area contributed by atoms with Crippen molar-refractivity contribution in [3.63, 3.8) is 0 Å². The molecule has 2 aromatic rings. The Morgan fingerprint density at radius 1 is 1.16 bits per heavy atom. The number of ether oxygens (including phenoxy) is 1. The predicted molar refractivity (Wildman–Crippen MR) is 79.7 cm³/mol. The lowest BCUT2D eigenvalue weighted by Gasteiger charge is -2.10. The summed E-state index contributed by atoms with van der Waals surface area (Å²) in [6, 6.07) is 13.5. The Kier molecular flexibility index (Phi) is 4.38. The molecule has 0 radical (unpaired) electrons. The van der Waals surface area contributed by atoms with E-state index in [0.717, 1.165) is 21.3 Å². The van der Waals surface area contributed by atoms with E-state index in [1.165, 1.54) is 0 Å². The van der Waals surface area contributed by atoms with Crippen LogP contribution in [0.1, 0.15) is 28.4 Å². The van der Waals surface area contributed by atoms with Crippen LogP contribution in [0.3, 0.4) is 0 Å². The number of rotatable bonds is 4. The van der Waals surface area contributed by atoms with Gasteiger partial charge in [0.05, 0.1) is 0 Å². The summed E-state index contributed by atoms with van der Waals surface area (Å²) in [5, 5.41) is 0. The van der Waals surface area contributed by atoms with Crippen LogP contribution in [0.4, 0.5) is 0 Å². The van der Waals surface area contributed by atoms with Crippen molar-refractivity contribution in [1.29, 1.82) is 0 Å². The third kappa shape index (κ3) is 3.67. The second kappa shape index (κ2) is 6.02. The van der Waals surface area contributed by atoms with E-state index in [4.69, 9.17) is 4.74 Å². The fourth-order valence-electron chi connectivity index (χ4n) is 1.77. The minimum Gasteiger partial charge on any atom is -0.489 e. The van der Waals surface area contributed by atoms with Gasteiger partial charge in [-0.2, -0.15) is 0 Å². The fourth-order valence-corrected chi connectivity index (χ4v) is 2.04. The second-order valence-corrected chi connectivity index (χ2v) is 5.37. The molecule has 0 amide bonds. The molecule has 3 heteroatoms. The van der Waals surface area contributed by atoms with Gasteiger partial charge in [0, 0.05) is 10.0 Å². The lowest BCUT2D eigenvalue weighted by atomic mass is 10.1. The van der Waals surface area contributed by atoms with Crippen LogP contribution in [-0.4, -0.2) is 5.78 Å². The summed E-state index contributed by atoms with van der Waals surface area (Å²) in [5.74, 6) is 0.885. The molecule has 2 aromatic carbocycles. The molecular weight excluding hydrogens is 304 g/mol. The molecule has 0 aliphatic heterocycles. The van der Waals surface area contributed by atoms with Crippen molar-refractivity contribution in [2.75, 3.05) is 0 Å². The summed E-state index contributed by atoms with van der Waals surface area (Å²) in [6.45, 7) is 4.04. The summed E-state index contributed by atoms with van der Waals surface area (Å²) in [7, 11) is 0. The standard InChI is InChI=1S/C16H15BrO2/c1-11-9-14(12(2)18)5-8-16(11)19-10-13-3-6-15(17)7-4-13/h3-9H,10H2,1-2H3. The summed E-state index contributed by atoms with van der Waals surface area (Å²) in [5.41, 5.74) is 2.80. The highest BCUT2D eigenvalue weighted by molar-refractivity contribution is 9.10. The van der Waals surface area contributed by atoms with Crippen LogP contribution in [0.15, 0.2) is 46.9 Å². The third-order valence-electron chi connectivity index (χ3n) is 2.89. The smallest absolute Gasteiger partial charge is 0.159 e. The Morgan fingerprint density at radius 3 is 2.42 bits per heavy atom. The average molecular weight is 319 g/mol. The molecule has 0 atom stereocenters. The van der Waals surface area contributed by atoms with Gasteiger partial charge in [0.1, 0.15) is 12.4 Å². The minimum absolute atomic E-state index is 0.0718. The second-order valence-electron chi connectivity index (χ2n) is 4.45. The maximum atomic E-state index is 11.3. The van der Waals surface area contributed by atoms with Crippen molar-refractivity contribution < 1.29 is 9.53 Å². The number of carbonyl (C=O) groups is 1. The Hall–Kier alpha value is -1.61. The molecule has 0 fully saturated rings. The predicted octanol–water partition coefficient (Wildman–Crippen LogP) is 4.54. The van der Waals surface area contributed by atoms with Gasteiger partial charge in [-0.1, -0.05) is 28.1 Å². The van der Waals surface area contributed by atoms with E-state index in [0.29, 0.717) is 12.2 Å². The van der Waals surface area contributed by atoms with Crippen LogP contribution in [0.25, 0.3) is 0 Å². The number of aryl methyl sites for hydroxylation is 1. The van der Waals surface area contributed by atoms with Gasteiger partial charge < -0.3 is 4.74 Å². The topological polar surface area (TPSA) is 26.3 Å². The summed E-state index contributed by atoms with van der Waals surface area (Å²) in [4.78, 5) is 11.3. The molecule has 2 nitrogen and oxygen atoms in total. The van der Waals surface area contributed by atoms with E-state index in [1.807, 2.05) is 43.3 Å². The number of ketones is 1. The lowest BCUT2D eigenvalue weighted by Crippen LogP contribution is -1.99. The van der Waals surface area contributed by atoms with Crippen molar-refractivity contribution in [3.05, 3.63) is 63.6 Å². The number of benzene rings is 2. The molecule has 2 rings (SSSR count). The highest BCUT2D eigenvalue weighted by Crippen LogP contribution is 2.21. The average Bonchev–Trinajstić information content (AvgIpc) is 2.39. The molecular formula is C16H15BrO2. The first-order chi connectivity index (χ1) is 9.06. The molecule has 0 N–H and O–H groups in total. The quantitative estimate of drug-likeness (QED) is 0.774. The van der Waals surface area contributed by atoms with Gasteiger partial charge in [0.15, 0.2) is 5.78 Å². The maximum Gasteiger partial charge on any atom is 0.159 e. The zero-order valence-electron chi connectivity index (χ0n) is 10.9. The van der Waals surface area contributed by atoms with Crippen molar-refractivity contribution >= 4 is 21.7 Å². The van der Waals surface area contributed by atoms with Gasteiger partial charge in [0.25, 0.3) is 0 Å². The molecule has 0 saturated carbocycles. The maximum absolute atomic E-state index is 11.3. The number of carbonyl (C=O) groups excluding carboxylic acids is 1. The summed E-state index contributed by atoms with van der Waals surface area (Å²) in [6.07, 6.45) is 0. The van der Waals surface area contributed by atoms with Crippen molar-refractivity contribution in [2.45, 2.75) is 20.5 Å². The van der Waals surface area contributed by atoms with E-state index in [-0.39, 0.29) is 5.78 Å². The summed E-state index contributed by atoms with van der Waals surface area (Å²) < 4.78 is 6.82. The van der Waals surface area contributed by atoms with Crippen LogP contribution < -0.4 is 4.74 Å². The van der Waals surface area contributed by atoms with Crippen LogP contribution in [0.2, 0.25) is 0 Å². The first-order valence-corrected chi connectivity index (χ1v) is 6.84. The zero-order valence-corrected chi connectivity index (χ0v) is 12.5. The van der Waals surface area contributed by atoms with Crippen LogP contribution in [-0.2, 0) is 6.61 Å². The Morgan fingerprint density at radius 2 is 1.84 bits per heavy atom. The van der Waals surface area contributed by atoms with E-state index in [1.54, 1.807) is 13.0 Å². The number of halogens is 1. The van der Waals surface area contributed by atoms with Crippen LogP contribution in [0, 0.1) is 6.92 Å². The van der Waals surface area contributed by atoms with Gasteiger partial charge in [-0.25, -0.2) is 0 Å². The van der Waals surface area contributed by atoms with E-state index < -0.39 is 0 Å². The largest absolute Gasteiger partial charge is 0.489 e. The first-order valence-electron chi connectivity index (χ1n) is 6.05. The zero-order chi connectivity index (χ0) is 13.8. The molecule has 0 aromatic heterocycles. The first kappa shape index (κ1) is 13.8. The molecule has 0 unspecified atom stereocenters. The van der Waals surface area contributed by atoms with E-state index in [9.17, 15) is 4.79 Å². The number of hydrogen-bond donors (Lipinski definition) is 0. The highest BCUT2D eigenvalue weighted by atomic mass is 79.9. The molecule has 0 saturated heterocycles. The van der Waals surface area contributed by atoms with Gasteiger partial charge >= 0.3 is 0 Å². The Labute approximate surface area is 121 Å². The Balaban J connectivity index is 2.07. The monoisotopic (exact) mass is 318 g/mol. The minimum atomic E-state index is 0.0718. The van der Waals surface area contributed by atoms with E-state index >= 15 is 0 Å². The molecule has 98 valence electrons. The van der Waals surface area contributed by atoms with Crippen molar-refractivity contribution in [1.82, 2.24) is 0 Å². The number of hydrogen-bond acceptors (Lipinski definition) is 2. The summed E-state index contributed by atoms with van der Waals surface area (Å²) >= 11 is 3.40. The van der Waals surface area contributed by atoms with Gasteiger partial charge in [0.2, 0.25) is 0 Å². The molecule has 0 aliphatic rings. The van der Waals surface area contributed by atoms with E-state index in [2.05, 4.69) is 15.9 Å². The van der Waals surface area contributed by atoms with Gasteiger partial charge in [-0.05, 0) is 55.3 Å². The van der Waals surface area contributed by atoms with Crippen molar-refractivity contribution in [2.24, 2.45) is 0 Å². The molecule has 0 aliphatic carbocycles. The van der Waals surface area contributed by atoms with Gasteiger partial charge in [-0.15, -0.1) is 0 Å². The van der Waals surface area contributed by atoms with Crippen LogP contribution in [0.5, 0.6) is 5.75 Å². The lowest BCUT2D eigenvalue weighted by molar-refractivity contribution is 0.101. The van der Waals surface area contributed by atoms with Crippen molar-refractivity contribution in [3.8, 4) is 5.75 Å². The Bertz CT molecular complexity index is 588. The van der Waals surface area contributed by atoms with Crippen LogP contribution >= 0.6 is 15.9 Å². The number of Topliss-reactive ketones (excluding diaryl/α,β-unsaturated/α-hetero) is 1. The normalized spacial score (nSPS) is 10.3. The molecule has 19 heavy (non-hydrogen) atoms. The highest BCUT2D eigenvalue weighted by Gasteiger charge is 2.04. The SMILES string of the molecule is CC(=O)c1ccc(OCc2ccc(Br)cc2)c(C)c1. The fraction of sp³-hybridized carbons (Fsp3) is 0.188. The molecule has 0 heterocycles.